The van der Waals surface area contributed by atoms with Crippen LogP contribution in [0.1, 0.15) is 38.8 Å². The zero-order valence-corrected chi connectivity index (χ0v) is 15.9. The fourth-order valence-corrected chi connectivity index (χ4v) is 2.98. The van der Waals surface area contributed by atoms with Crippen LogP contribution in [0.15, 0.2) is 29.5 Å². The van der Waals surface area contributed by atoms with Crippen molar-refractivity contribution < 1.29 is 19.0 Å². The predicted octanol–water partition coefficient (Wildman–Crippen LogP) is 2.32. The lowest BCUT2D eigenvalue weighted by Crippen LogP contribution is -2.29. The minimum absolute atomic E-state index is 0.276. The molecule has 0 aliphatic carbocycles. The van der Waals surface area contributed by atoms with Gasteiger partial charge in [0.2, 0.25) is 5.95 Å². The molecule has 1 aliphatic heterocycles. The summed E-state index contributed by atoms with van der Waals surface area (Å²) in [5, 5.41) is 14.8. The molecule has 3 rings (SSSR count). The molecular weight excluding hydrogens is 350 g/mol. The number of rotatable bonds is 7. The Morgan fingerprint density at radius 2 is 2.11 bits per heavy atom. The molecule has 1 N–H and O–H groups in total. The van der Waals surface area contributed by atoms with E-state index in [4.69, 9.17) is 14.2 Å². The molecule has 0 amide bonds. The molecule has 1 aromatic carbocycles. The van der Waals surface area contributed by atoms with Crippen molar-refractivity contribution in [1.82, 2.24) is 20.2 Å². The molecule has 2 heterocycles. The molecular formula is C18H23N5O4. The van der Waals surface area contributed by atoms with E-state index in [0.717, 1.165) is 12.0 Å². The summed E-state index contributed by atoms with van der Waals surface area (Å²) in [7, 11) is 1.58. The third-order valence-corrected chi connectivity index (χ3v) is 4.17. The van der Waals surface area contributed by atoms with Crippen molar-refractivity contribution >= 4 is 11.9 Å². The van der Waals surface area contributed by atoms with Crippen molar-refractivity contribution in [3.05, 3.63) is 35.0 Å². The number of ether oxygens (including phenoxy) is 3. The average molecular weight is 373 g/mol. The van der Waals surface area contributed by atoms with E-state index in [1.54, 1.807) is 25.6 Å². The zero-order chi connectivity index (χ0) is 19.4. The number of nitrogens with zero attached hydrogens (tertiary/aromatic N) is 4. The Hall–Kier alpha value is -3.10. The number of carbonyl (C=O) groups excluding carboxylic acids is 1. The van der Waals surface area contributed by atoms with Gasteiger partial charge < -0.3 is 19.5 Å². The van der Waals surface area contributed by atoms with E-state index in [1.165, 1.54) is 0 Å². The monoisotopic (exact) mass is 373 g/mol. The van der Waals surface area contributed by atoms with Gasteiger partial charge in [-0.1, -0.05) is 18.1 Å². The first-order valence-electron chi connectivity index (χ1n) is 8.84. The molecule has 9 nitrogen and oxygen atoms in total. The second-order valence-electron chi connectivity index (χ2n) is 5.99. The van der Waals surface area contributed by atoms with Crippen LogP contribution < -0.4 is 14.8 Å². The van der Waals surface area contributed by atoms with Gasteiger partial charge in [0, 0.05) is 5.70 Å². The third kappa shape index (κ3) is 3.57. The molecule has 0 fully saturated rings. The number of fused-ring (bicyclic) bond motifs is 1. The maximum atomic E-state index is 12.6. The summed E-state index contributed by atoms with van der Waals surface area (Å²) in [5.41, 5.74) is 1.88. The lowest BCUT2D eigenvalue weighted by Gasteiger charge is -2.27. The van der Waals surface area contributed by atoms with Gasteiger partial charge in [0.05, 0.1) is 25.9 Å². The Morgan fingerprint density at radius 3 is 2.81 bits per heavy atom. The van der Waals surface area contributed by atoms with E-state index in [0.29, 0.717) is 35.3 Å². The van der Waals surface area contributed by atoms with Gasteiger partial charge in [-0.3, -0.25) is 0 Å². The van der Waals surface area contributed by atoms with Crippen molar-refractivity contribution in [2.24, 2.45) is 0 Å². The molecule has 0 saturated heterocycles. The summed E-state index contributed by atoms with van der Waals surface area (Å²) in [5.74, 6) is 1.26. The van der Waals surface area contributed by atoms with Crippen LogP contribution in [-0.4, -0.2) is 46.5 Å². The molecule has 0 radical (unpaired) electrons. The number of esters is 1. The second-order valence-corrected chi connectivity index (χ2v) is 5.99. The predicted molar refractivity (Wildman–Crippen MR) is 97.7 cm³/mol. The highest BCUT2D eigenvalue weighted by Gasteiger charge is 2.35. The third-order valence-electron chi connectivity index (χ3n) is 4.17. The molecule has 1 unspecified atom stereocenters. The highest BCUT2D eigenvalue weighted by molar-refractivity contribution is 5.92. The van der Waals surface area contributed by atoms with E-state index < -0.39 is 12.0 Å². The number of aromatic nitrogens is 4. The summed E-state index contributed by atoms with van der Waals surface area (Å²) in [6.45, 7) is 6.47. The second kappa shape index (κ2) is 8.07. The summed E-state index contributed by atoms with van der Waals surface area (Å²) >= 11 is 0. The maximum absolute atomic E-state index is 12.6. The molecule has 0 bridgehead atoms. The average Bonchev–Trinajstić information content (AvgIpc) is 3.13. The number of hydrogen-bond donors (Lipinski definition) is 1. The van der Waals surface area contributed by atoms with Gasteiger partial charge in [-0.2, -0.15) is 4.68 Å². The first-order chi connectivity index (χ1) is 13.1. The van der Waals surface area contributed by atoms with Crippen LogP contribution in [0.5, 0.6) is 11.5 Å². The quantitative estimate of drug-likeness (QED) is 0.738. The van der Waals surface area contributed by atoms with Crippen LogP contribution in [0.2, 0.25) is 0 Å². The number of hydrogen-bond acceptors (Lipinski definition) is 8. The molecule has 2 aromatic rings. The fraction of sp³-hybridized carbons (Fsp3) is 0.444. The Balaban J connectivity index is 2.08. The van der Waals surface area contributed by atoms with E-state index in [2.05, 4.69) is 20.8 Å². The molecule has 1 aliphatic rings. The number of allylic oxidation sites excluding steroid dienone is 1. The SMILES string of the molecule is CCCOc1ccc(C2C(C(=O)OCC)=C(C)Nc3nnnn32)cc1OC. The Labute approximate surface area is 157 Å². The molecule has 0 spiro atoms. The highest BCUT2D eigenvalue weighted by Crippen LogP contribution is 2.38. The fourth-order valence-electron chi connectivity index (χ4n) is 2.98. The van der Waals surface area contributed by atoms with Gasteiger partial charge in [0.15, 0.2) is 11.5 Å². The lowest BCUT2D eigenvalue weighted by molar-refractivity contribution is -0.139. The maximum Gasteiger partial charge on any atom is 0.338 e. The van der Waals surface area contributed by atoms with Gasteiger partial charge in [0.25, 0.3) is 0 Å². The van der Waals surface area contributed by atoms with Crippen molar-refractivity contribution in [2.45, 2.75) is 33.2 Å². The number of tetrazole rings is 1. The Kier molecular flexibility index (Phi) is 5.58. The first-order valence-corrected chi connectivity index (χ1v) is 8.84. The van der Waals surface area contributed by atoms with Gasteiger partial charge in [-0.15, -0.1) is 0 Å². The van der Waals surface area contributed by atoms with E-state index >= 15 is 0 Å². The molecule has 27 heavy (non-hydrogen) atoms. The van der Waals surface area contributed by atoms with Gasteiger partial charge in [-0.05, 0) is 48.4 Å². The molecule has 144 valence electrons. The van der Waals surface area contributed by atoms with Crippen LogP contribution in [0.3, 0.4) is 0 Å². The van der Waals surface area contributed by atoms with Crippen molar-refractivity contribution in [3.8, 4) is 11.5 Å². The number of nitrogens with one attached hydrogen (secondary N) is 1. The smallest absolute Gasteiger partial charge is 0.338 e. The summed E-state index contributed by atoms with van der Waals surface area (Å²) < 4.78 is 18.0. The summed E-state index contributed by atoms with van der Waals surface area (Å²) in [6.07, 6.45) is 0.891. The highest BCUT2D eigenvalue weighted by atomic mass is 16.5. The number of methoxy groups -OCH3 is 1. The number of anilines is 1. The summed E-state index contributed by atoms with van der Waals surface area (Å²) in [4.78, 5) is 12.6. The molecule has 0 saturated carbocycles. The van der Waals surface area contributed by atoms with Crippen LogP contribution in [0, 0.1) is 0 Å². The molecule has 9 heteroatoms. The van der Waals surface area contributed by atoms with Crippen LogP contribution >= 0.6 is 0 Å². The van der Waals surface area contributed by atoms with Crippen molar-refractivity contribution in [2.75, 3.05) is 25.6 Å². The number of carbonyl (C=O) groups is 1. The minimum atomic E-state index is -0.538. The largest absolute Gasteiger partial charge is 0.493 e. The normalized spacial score (nSPS) is 15.8. The molecule has 1 atom stereocenters. The van der Waals surface area contributed by atoms with Gasteiger partial charge in [0.1, 0.15) is 6.04 Å². The van der Waals surface area contributed by atoms with Crippen molar-refractivity contribution in [3.63, 3.8) is 0 Å². The molecule has 1 aromatic heterocycles. The number of benzene rings is 1. The van der Waals surface area contributed by atoms with E-state index in [-0.39, 0.29) is 6.61 Å². The minimum Gasteiger partial charge on any atom is -0.493 e. The topological polar surface area (TPSA) is 100 Å². The van der Waals surface area contributed by atoms with Crippen LogP contribution in [0.25, 0.3) is 0 Å². The van der Waals surface area contributed by atoms with Crippen molar-refractivity contribution in [1.29, 1.82) is 0 Å². The van der Waals surface area contributed by atoms with Gasteiger partial charge >= 0.3 is 5.97 Å². The lowest BCUT2D eigenvalue weighted by atomic mass is 9.95. The summed E-state index contributed by atoms with van der Waals surface area (Å²) in [6, 6.07) is 5.00. The zero-order valence-electron chi connectivity index (χ0n) is 15.9. The Morgan fingerprint density at radius 1 is 1.30 bits per heavy atom. The first kappa shape index (κ1) is 18.7. The van der Waals surface area contributed by atoms with Crippen LogP contribution in [-0.2, 0) is 9.53 Å². The van der Waals surface area contributed by atoms with E-state index in [1.807, 2.05) is 25.1 Å². The standard InChI is InChI=1S/C18H23N5O4/c1-5-9-27-13-8-7-12(10-14(13)25-4)16-15(17(24)26-6-2)11(3)19-18-20-21-22-23(16)18/h7-8,10,16H,5-6,9H2,1-4H3,(H,19,20,22). The Bertz CT molecular complexity index is 861. The van der Waals surface area contributed by atoms with Crippen LogP contribution in [0.4, 0.5) is 5.95 Å². The van der Waals surface area contributed by atoms with Gasteiger partial charge in [-0.25, -0.2) is 4.79 Å². The van der Waals surface area contributed by atoms with E-state index in [9.17, 15) is 4.79 Å².